The molecule has 5 aliphatic rings. The molecule has 4 saturated carbocycles. The van der Waals surface area contributed by atoms with Crippen molar-refractivity contribution in [3.8, 4) is 5.75 Å². The van der Waals surface area contributed by atoms with Gasteiger partial charge in [-0.25, -0.2) is 4.79 Å². The molecule has 4 amide bonds. The molecule has 1 aromatic rings. The Labute approximate surface area is 201 Å². The Hall–Kier alpha value is -2.83. The lowest BCUT2D eigenvalue weighted by atomic mass is 9.47. The third-order valence-electron chi connectivity index (χ3n) is 8.93. The predicted octanol–water partition coefficient (Wildman–Crippen LogP) is 4.31. The Morgan fingerprint density at radius 3 is 2.21 bits per heavy atom. The number of nitrogens with one attached hydrogen (secondary N) is 1. The van der Waals surface area contributed by atoms with Gasteiger partial charge in [-0.05, 0) is 101 Å². The highest BCUT2D eigenvalue weighted by molar-refractivity contribution is 6.31. The van der Waals surface area contributed by atoms with Crippen molar-refractivity contribution in [2.45, 2.75) is 65.3 Å². The number of aromatic hydroxyl groups is 1. The van der Waals surface area contributed by atoms with E-state index in [0.29, 0.717) is 23.3 Å². The number of phenols is 1. The molecule has 1 atom stereocenters. The Morgan fingerprint density at radius 2 is 1.68 bits per heavy atom. The molecule has 1 heterocycles. The Bertz CT molecular complexity index is 1020. The third-order valence-corrected chi connectivity index (χ3v) is 8.93. The summed E-state index contributed by atoms with van der Waals surface area (Å²) >= 11 is 0. The second-order valence-corrected chi connectivity index (χ2v) is 10.9. The molecular weight excluding hydrogens is 430 g/mol. The lowest BCUT2D eigenvalue weighted by Crippen LogP contribution is -2.63. The van der Waals surface area contributed by atoms with E-state index in [2.05, 4.69) is 10.2 Å². The van der Waals surface area contributed by atoms with Crippen LogP contribution in [0.25, 0.3) is 6.08 Å². The van der Waals surface area contributed by atoms with Gasteiger partial charge in [0.05, 0.1) is 0 Å². The van der Waals surface area contributed by atoms with Gasteiger partial charge in [-0.1, -0.05) is 0 Å². The van der Waals surface area contributed by atoms with Crippen LogP contribution in [0.3, 0.4) is 0 Å². The summed E-state index contributed by atoms with van der Waals surface area (Å²) < 4.78 is 0. The molecule has 182 valence electrons. The maximum absolute atomic E-state index is 13.6. The van der Waals surface area contributed by atoms with Crippen LogP contribution in [-0.2, 0) is 9.59 Å². The summed E-state index contributed by atoms with van der Waals surface area (Å²) in [5, 5.41) is 13.0. The zero-order chi connectivity index (χ0) is 24.2. The molecule has 0 spiro atoms. The number of imide groups is 2. The summed E-state index contributed by atoms with van der Waals surface area (Å²) in [7, 11) is 0. The monoisotopic (exact) mass is 465 g/mol. The molecule has 34 heavy (non-hydrogen) atoms. The summed E-state index contributed by atoms with van der Waals surface area (Å²) in [6, 6.07) is 4.32. The van der Waals surface area contributed by atoms with E-state index in [1.165, 1.54) is 30.2 Å². The van der Waals surface area contributed by atoms with E-state index >= 15 is 0 Å². The number of amides is 4. The molecule has 1 aromatic carbocycles. The number of nitrogens with zero attached hydrogens (tertiary/aromatic N) is 2. The van der Waals surface area contributed by atoms with E-state index in [9.17, 15) is 19.5 Å². The fourth-order valence-electron chi connectivity index (χ4n) is 7.58. The summed E-state index contributed by atoms with van der Waals surface area (Å²) in [5.41, 5.74) is 1.09. The Kier molecular flexibility index (Phi) is 5.69. The smallest absolute Gasteiger partial charge is 0.331 e. The van der Waals surface area contributed by atoms with Crippen LogP contribution in [0.15, 0.2) is 23.8 Å². The molecule has 1 aliphatic heterocycles. The maximum atomic E-state index is 13.6. The van der Waals surface area contributed by atoms with Gasteiger partial charge in [0.25, 0.3) is 11.8 Å². The van der Waals surface area contributed by atoms with Gasteiger partial charge in [0.1, 0.15) is 11.3 Å². The van der Waals surface area contributed by atoms with Crippen molar-refractivity contribution >= 4 is 29.6 Å². The van der Waals surface area contributed by atoms with E-state index in [1.807, 2.05) is 26.8 Å². The van der Waals surface area contributed by atoms with Crippen molar-refractivity contribution in [2.75, 3.05) is 18.0 Å². The zero-order valence-corrected chi connectivity index (χ0v) is 20.3. The van der Waals surface area contributed by atoms with Gasteiger partial charge >= 0.3 is 6.03 Å². The third kappa shape index (κ3) is 3.69. The molecule has 7 heteroatoms. The predicted molar refractivity (Wildman–Crippen MR) is 130 cm³/mol. The standard InChI is InChI=1S/C27H35N3O4/c1-4-29(5-2)21-7-6-20(23(31)12-21)11-22-24(32)28-26(34)30(25(22)33)16(3)27-13-17-8-18(14-27)10-19(9-17)15-27/h6-7,11-12,16-19,31H,4-5,8-10,13-15H2,1-3H3,(H,28,32,34). The first kappa shape index (κ1) is 22.9. The van der Waals surface area contributed by atoms with Crippen LogP contribution in [0.2, 0.25) is 0 Å². The second-order valence-electron chi connectivity index (χ2n) is 10.9. The number of rotatable bonds is 6. The molecular formula is C27H35N3O4. The van der Waals surface area contributed by atoms with Crippen LogP contribution in [0.4, 0.5) is 10.5 Å². The minimum absolute atomic E-state index is 0.00455. The Balaban J connectivity index is 1.44. The van der Waals surface area contributed by atoms with Crippen LogP contribution in [0, 0.1) is 23.2 Å². The van der Waals surface area contributed by atoms with Crippen molar-refractivity contribution in [1.82, 2.24) is 10.2 Å². The summed E-state index contributed by atoms with van der Waals surface area (Å²) in [4.78, 5) is 42.5. The number of urea groups is 1. The highest BCUT2D eigenvalue weighted by Crippen LogP contribution is 2.62. The van der Waals surface area contributed by atoms with Crippen LogP contribution >= 0.6 is 0 Å². The first-order chi connectivity index (χ1) is 16.2. The summed E-state index contributed by atoms with van der Waals surface area (Å²) in [5.74, 6) is 0.786. The molecule has 1 saturated heterocycles. The minimum Gasteiger partial charge on any atom is -0.507 e. The van der Waals surface area contributed by atoms with Gasteiger partial charge in [0, 0.05) is 36.4 Å². The first-order valence-electron chi connectivity index (χ1n) is 12.7. The molecule has 0 aromatic heterocycles. The van der Waals surface area contributed by atoms with Crippen molar-refractivity contribution in [3.63, 3.8) is 0 Å². The van der Waals surface area contributed by atoms with E-state index in [1.54, 1.807) is 12.1 Å². The van der Waals surface area contributed by atoms with Crippen molar-refractivity contribution in [3.05, 3.63) is 29.3 Å². The van der Waals surface area contributed by atoms with Crippen LogP contribution in [-0.4, -0.2) is 47.0 Å². The Morgan fingerprint density at radius 1 is 1.09 bits per heavy atom. The van der Waals surface area contributed by atoms with Crippen molar-refractivity contribution in [1.29, 1.82) is 0 Å². The molecule has 2 N–H and O–H groups in total. The van der Waals surface area contributed by atoms with Gasteiger partial charge in [0.2, 0.25) is 0 Å². The molecule has 6 rings (SSSR count). The van der Waals surface area contributed by atoms with E-state index in [0.717, 1.165) is 38.0 Å². The lowest BCUT2D eigenvalue weighted by molar-refractivity contribution is -0.139. The van der Waals surface area contributed by atoms with Crippen LogP contribution < -0.4 is 10.2 Å². The number of carbonyl (C=O) groups is 3. The molecule has 0 radical (unpaired) electrons. The minimum atomic E-state index is -0.712. The van der Waals surface area contributed by atoms with Gasteiger partial charge in [0.15, 0.2) is 0 Å². The van der Waals surface area contributed by atoms with Crippen LogP contribution in [0.5, 0.6) is 5.75 Å². The number of phenolic OH excluding ortho intramolecular Hbond substituents is 1. The number of hydrogen-bond acceptors (Lipinski definition) is 5. The van der Waals surface area contributed by atoms with Crippen molar-refractivity contribution in [2.24, 2.45) is 23.2 Å². The normalized spacial score (nSPS) is 32.3. The quantitative estimate of drug-likeness (QED) is 0.483. The number of anilines is 1. The number of barbiturate groups is 1. The maximum Gasteiger partial charge on any atom is 0.331 e. The van der Waals surface area contributed by atoms with E-state index in [4.69, 9.17) is 0 Å². The molecule has 5 fully saturated rings. The largest absolute Gasteiger partial charge is 0.507 e. The molecule has 4 bridgehead atoms. The topological polar surface area (TPSA) is 90.0 Å². The first-order valence-corrected chi connectivity index (χ1v) is 12.7. The fourth-order valence-corrected chi connectivity index (χ4v) is 7.58. The zero-order valence-electron chi connectivity index (χ0n) is 20.3. The highest BCUT2D eigenvalue weighted by atomic mass is 16.3. The van der Waals surface area contributed by atoms with Crippen molar-refractivity contribution < 1.29 is 19.5 Å². The highest BCUT2D eigenvalue weighted by Gasteiger charge is 2.56. The second kappa shape index (κ2) is 8.43. The lowest BCUT2D eigenvalue weighted by Gasteiger charge is -2.60. The number of benzene rings is 1. The average Bonchev–Trinajstić information content (AvgIpc) is 2.77. The number of carbonyl (C=O) groups excluding carboxylic acids is 3. The average molecular weight is 466 g/mol. The van der Waals surface area contributed by atoms with Gasteiger partial charge in [-0.15, -0.1) is 0 Å². The van der Waals surface area contributed by atoms with Gasteiger partial charge in [-0.2, -0.15) is 0 Å². The molecule has 7 nitrogen and oxygen atoms in total. The fraction of sp³-hybridized carbons (Fsp3) is 0.593. The van der Waals surface area contributed by atoms with Gasteiger partial charge < -0.3 is 10.0 Å². The van der Waals surface area contributed by atoms with E-state index < -0.39 is 17.8 Å². The SMILES string of the molecule is CCN(CC)c1ccc(C=C2C(=O)NC(=O)N(C(C)C34CC5CC(CC(C5)C3)C4)C2=O)c(O)c1. The number of hydrogen-bond donors (Lipinski definition) is 2. The molecule has 1 unspecified atom stereocenters. The van der Waals surface area contributed by atoms with Crippen LogP contribution in [0.1, 0.15) is 64.9 Å². The summed E-state index contributed by atoms with van der Waals surface area (Å²) in [6.45, 7) is 7.66. The summed E-state index contributed by atoms with van der Waals surface area (Å²) in [6.07, 6.45) is 8.40. The molecule has 4 aliphatic carbocycles. The van der Waals surface area contributed by atoms with Gasteiger partial charge in [-0.3, -0.25) is 19.8 Å². The van der Waals surface area contributed by atoms with E-state index in [-0.39, 0.29) is 22.8 Å².